The molecule has 9 heteroatoms. The summed E-state index contributed by atoms with van der Waals surface area (Å²) in [6, 6.07) is 19.9. The van der Waals surface area contributed by atoms with Crippen LogP contribution in [0.1, 0.15) is 23.3 Å². The zero-order valence-electron chi connectivity index (χ0n) is 18.0. The Kier molecular flexibility index (Phi) is 6.58. The molecule has 1 aliphatic heterocycles. The summed E-state index contributed by atoms with van der Waals surface area (Å²) in [5.74, 6) is -5.18. The summed E-state index contributed by atoms with van der Waals surface area (Å²) in [6.07, 6.45) is -0.951. The number of rotatable bonds is 6. The minimum Gasteiger partial charge on any atom is -0.460 e. The van der Waals surface area contributed by atoms with Crippen molar-refractivity contribution in [3.05, 3.63) is 107 Å². The van der Waals surface area contributed by atoms with Crippen molar-refractivity contribution in [2.24, 2.45) is 5.92 Å². The van der Waals surface area contributed by atoms with Crippen LogP contribution >= 0.6 is 0 Å². The Labute approximate surface area is 193 Å². The molecule has 0 unspecified atom stereocenters. The highest BCUT2D eigenvalue weighted by molar-refractivity contribution is 6.62. The molecule has 0 aromatic heterocycles. The third-order valence-corrected chi connectivity index (χ3v) is 5.59. The van der Waals surface area contributed by atoms with Crippen LogP contribution in [0.3, 0.4) is 0 Å². The van der Waals surface area contributed by atoms with Crippen LogP contribution in [0.15, 0.2) is 78.9 Å². The fourth-order valence-electron chi connectivity index (χ4n) is 4.04. The lowest BCUT2D eigenvalue weighted by Crippen LogP contribution is -2.37. The van der Waals surface area contributed by atoms with Gasteiger partial charge in [0.1, 0.15) is 6.10 Å². The number of nitrogens with zero attached hydrogens (tertiary/aromatic N) is 3. The van der Waals surface area contributed by atoms with Crippen molar-refractivity contribution >= 4 is 23.2 Å². The lowest BCUT2D eigenvalue weighted by molar-refractivity contribution is -0.140. The molecule has 1 fully saturated rings. The Morgan fingerprint density at radius 3 is 2.12 bits per heavy atom. The van der Waals surface area contributed by atoms with E-state index >= 15 is 0 Å². The number of ketones is 1. The summed E-state index contributed by atoms with van der Waals surface area (Å²) in [5, 5.41) is 1.31. The molecular formula is C25H19F2N3O4. The maximum absolute atomic E-state index is 14.1. The van der Waals surface area contributed by atoms with Crippen molar-refractivity contribution in [1.29, 1.82) is 0 Å². The number of halogens is 2. The molecule has 0 N–H and O–H groups in total. The maximum Gasteiger partial charge on any atom is 0.441 e. The Morgan fingerprint density at radius 1 is 0.941 bits per heavy atom. The summed E-state index contributed by atoms with van der Waals surface area (Å²) in [6.45, 7) is 0. The minimum atomic E-state index is -1.11. The van der Waals surface area contributed by atoms with Gasteiger partial charge >= 0.3 is 11.7 Å². The molecule has 1 heterocycles. The van der Waals surface area contributed by atoms with Gasteiger partial charge in [-0.2, -0.15) is 4.79 Å². The van der Waals surface area contributed by atoms with Gasteiger partial charge < -0.3 is 10.3 Å². The van der Waals surface area contributed by atoms with Gasteiger partial charge in [-0.05, 0) is 23.3 Å². The van der Waals surface area contributed by atoms with Crippen LogP contribution in [0.25, 0.3) is 5.53 Å². The molecule has 1 aliphatic rings. The fraction of sp³-hybridized carbons (Fsp3) is 0.160. The molecule has 0 spiro atoms. The molecule has 4 rings (SSSR count). The zero-order valence-corrected chi connectivity index (χ0v) is 18.0. The van der Waals surface area contributed by atoms with Gasteiger partial charge in [0, 0.05) is 6.07 Å². The second kappa shape index (κ2) is 9.74. The Bertz CT molecular complexity index is 1260. The number of esters is 1. The number of hydrogen-bond acceptors (Lipinski definition) is 5. The van der Waals surface area contributed by atoms with E-state index in [9.17, 15) is 23.9 Å². The number of hydrogen-bond donors (Lipinski definition) is 0. The highest BCUT2D eigenvalue weighted by atomic mass is 19.2. The van der Waals surface area contributed by atoms with Crippen molar-refractivity contribution in [1.82, 2.24) is 0 Å². The number of benzene rings is 3. The molecule has 34 heavy (non-hydrogen) atoms. The van der Waals surface area contributed by atoms with E-state index in [2.05, 4.69) is 9.53 Å². The van der Waals surface area contributed by atoms with Crippen molar-refractivity contribution in [3.8, 4) is 0 Å². The third kappa shape index (κ3) is 4.22. The lowest BCUT2D eigenvalue weighted by atomic mass is 9.82. The van der Waals surface area contributed by atoms with Gasteiger partial charge in [0.25, 0.3) is 5.78 Å². The van der Waals surface area contributed by atoms with E-state index in [1.165, 1.54) is 11.1 Å². The van der Waals surface area contributed by atoms with Crippen molar-refractivity contribution < 1.29 is 32.7 Å². The number of ether oxygens (including phenoxy) is 1. The first-order valence-electron chi connectivity index (χ1n) is 10.3. The molecule has 7 nitrogen and oxygen atoms in total. The molecule has 172 valence electrons. The molecule has 3 atom stereocenters. The Morgan fingerprint density at radius 2 is 1.56 bits per heavy atom. The van der Waals surface area contributed by atoms with Gasteiger partial charge in [-0.1, -0.05) is 60.7 Å². The second-order valence-electron chi connectivity index (χ2n) is 7.55. The van der Waals surface area contributed by atoms with Crippen LogP contribution in [0, 0.1) is 17.6 Å². The van der Waals surface area contributed by atoms with Crippen molar-refractivity contribution in [3.63, 3.8) is 0 Å². The standard InChI is InChI=1S/C25H19F2N3O4/c1-33-25(32)21(29-28)23(31)20-22(15-8-4-2-5-9-15)30(17-12-13-18(26)19(27)14-17)34-24(20)16-10-6-3-7-11-16/h2-14,20,22,24H,1H3/t20-,22+,24-/m1/s1. The zero-order chi connectivity index (χ0) is 24.2. The number of carbonyl (C=O) groups excluding carboxylic acids is 2. The molecule has 3 aromatic rings. The van der Waals surface area contributed by atoms with E-state index in [1.54, 1.807) is 60.7 Å². The summed E-state index contributed by atoms with van der Waals surface area (Å²) < 4.78 is 32.4. The molecule has 3 aromatic carbocycles. The van der Waals surface area contributed by atoms with Crippen LogP contribution in [0.2, 0.25) is 0 Å². The first-order valence-corrected chi connectivity index (χ1v) is 10.3. The summed E-state index contributed by atoms with van der Waals surface area (Å²) in [4.78, 5) is 34.9. The number of anilines is 1. The maximum atomic E-state index is 14.1. The average molecular weight is 463 g/mol. The van der Waals surface area contributed by atoms with E-state index in [-0.39, 0.29) is 5.69 Å². The van der Waals surface area contributed by atoms with Crippen LogP contribution in [-0.4, -0.2) is 29.4 Å². The van der Waals surface area contributed by atoms with Gasteiger partial charge in [-0.3, -0.25) is 9.63 Å². The molecular weight excluding hydrogens is 444 g/mol. The molecule has 0 bridgehead atoms. The van der Waals surface area contributed by atoms with E-state index in [0.717, 1.165) is 19.2 Å². The fourth-order valence-corrected chi connectivity index (χ4v) is 4.04. The van der Waals surface area contributed by atoms with Crippen LogP contribution in [0.5, 0.6) is 0 Å². The first-order chi connectivity index (χ1) is 16.5. The molecule has 0 aliphatic carbocycles. The van der Waals surface area contributed by atoms with Gasteiger partial charge in [-0.25, -0.2) is 18.6 Å². The SMILES string of the molecule is COC(=O)C(=[N+]=[N-])C(=O)[C@@H]1[C@@H](c2ccccc2)ON(c2ccc(F)c(F)c2)[C@H]1c1ccccc1. The van der Waals surface area contributed by atoms with Gasteiger partial charge in [-0.15, -0.1) is 0 Å². The molecule has 0 saturated carbocycles. The molecule has 1 saturated heterocycles. The number of Topliss-reactive ketones (excluding diaryl/α,β-unsaturated/α-hetero) is 1. The van der Waals surface area contributed by atoms with Gasteiger partial charge in [0.15, 0.2) is 11.6 Å². The van der Waals surface area contributed by atoms with E-state index in [1.807, 2.05) is 0 Å². The summed E-state index contributed by atoms with van der Waals surface area (Å²) >= 11 is 0. The second-order valence-corrected chi connectivity index (χ2v) is 7.55. The minimum absolute atomic E-state index is 0.157. The van der Waals surface area contributed by atoms with Crippen LogP contribution < -0.4 is 5.06 Å². The van der Waals surface area contributed by atoms with Gasteiger partial charge in [0.05, 0.1) is 24.8 Å². The van der Waals surface area contributed by atoms with Crippen molar-refractivity contribution in [2.75, 3.05) is 12.2 Å². The Balaban J connectivity index is 1.91. The molecule has 0 amide bonds. The highest BCUT2D eigenvalue weighted by Crippen LogP contribution is 2.49. The highest BCUT2D eigenvalue weighted by Gasteiger charge is 2.53. The predicted molar refractivity (Wildman–Crippen MR) is 117 cm³/mol. The molecule has 0 radical (unpaired) electrons. The predicted octanol–water partition coefficient (Wildman–Crippen LogP) is 4.23. The number of methoxy groups -OCH3 is 1. The van der Waals surface area contributed by atoms with Gasteiger partial charge in [0.2, 0.25) is 0 Å². The monoisotopic (exact) mass is 463 g/mol. The lowest BCUT2D eigenvalue weighted by Gasteiger charge is -2.26. The quantitative estimate of drug-likeness (QED) is 0.179. The topological polar surface area (TPSA) is 92.2 Å². The first kappa shape index (κ1) is 23.0. The number of carbonyl (C=O) groups is 2. The summed E-state index contributed by atoms with van der Waals surface area (Å²) in [7, 11) is 1.06. The smallest absolute Gasteiger partial charge is 0.441 e. The van der Waals surface area contributed by atoms with E-state index < -0.39 is 47.2 Å². The average Bonchev–Trinajstić information content (AvgIpc) is 3.27. The van der Waals surface area contributed by atoms with E-state index in [0.29, 0.717) is 11.1 Å². The van der Waals surface area contributed by atoms with Crippen LogP contribution in [0.4, 0.5) is 14.5 Å². The van der Waals surface area contributed by atoms with Crippen LogP contribution in [-0.2, 0) is 19.2 Å². The van der Waals surface area contributed by atoms with E-state index in [4.69, 9.17) is 4.84 Å². The third-order valence-electron chi connectivity index (χ3n) is 5.59. The largest absolute Gasteiger partial charge is 0.460 e. The van der Waals surface area contributed by atoms with Crippen molar-refractivity contribution in [2.45, 2.75) is 12.1 Å². The summed E-state index contributed by atoms with van der Waals surface area (Å²) in [5.41, 5.74) is 9.99. The number of hydroxylamine groups is 1. The normalized spacial score (nSPS) is 19.4. The Hall–Kier alpha value is -4.20.